The fourth-order valence-electron chi connectivity index (χ4n) is 4.17. The predicted octanol–water partition coefficient (Wildman–Crippen LogP) is 5.65. The molecule has 0 atom stereocenters. The minimum Gasteiger partial charge on any atom is -0.448 e. The van der Waals surface area contributed by atoms with E-state index in [1.165, 1.54) is 0 Å². The van der Waals surface area contributed by atoms with Crippen molar-refractivity contribution in [2.45, 2.75) is 43.9 Å². The van der Waals surface area contributed by atoms with Gasteiger partial charge in [-0.05, 0) is 65.9 Å². The maximum Gasteiger partial charge on any atom is 0.416 e. The molecule has 4 rings (SSSR count). The monoisotopic (exact) mass is 531 g/mol. The highest BCUT2D eigenvalue weighted by atomic mass is 79.9. The van der Waals surface area contributed by atoms with Gasteiger partial charge in [-0.15, -0.1) is 0 Å². The molecule has 1 heterocycles. The fourth-order valence-corrected chi connectivity index (χ4v) is 4.60. The summed E-state index contributed by atoms with van der Waals surface area (Å²) >= 11 is 3.29. The number of ether oxygens (including phenoxy) is 1. The highest BCUT2D eigenvalue weighted by molar-refractivity contribution is 9.10. The second-order valence-corrected chi connectivity index (χ2v) is 8.63. The van der Waals surface area contributed by atoms with Crippen LogP contribution in [0.2, 0.25) is 0 Å². The Morgan fingerprint density at radius 2 is 1.64 bits per heavy atom. The molecule has 4 N–H and O–H groups in total. The third kappa shape index (κ3) is 4.35. The van der Waals surface area contributed by atoms with E-state index in [9.17, 15) is 22.0 Å². The van der Waals surface area contributed by atoms with Crippen molar-refractivity contribution in [3.8, 4) is 11.5 Å². The number of alkyl halides is 3. The van der Waals surface area contributed by atoms with E-state index in [0.717, 1.165) is 19.3 Å². The summed E-state index contributed by atoms with van der Waals surface area (Å²) in [7, 11) is 0. The summed E-state index contributed by atoms with van der Waals surface area (Å²) in [4.78, 5) is 10.2. The van der Waals surface area contributed by atoms with Crippen molar-refractivity contribution in [3.63, 3.8) is 0 Å². The molecule has 1 saturated carbocycles. The highest BCUT2D eigenvalue weighted by Gasteiger charge is 2.44. The second-order valence-electron chi connectivity index (χ2n) is 7.78. The maximum atomic E-state index is 14.5. The summed E-state index contributed by atoms with van der Waals surface area (Å²) in [5.74, 6) is -4.01. The number of nitrogens with zero attached hydrogens (tertiary/aromatic N) is 3. The number of aliphatic imine (C=N–C) groups is 2. The third-order valence-corrected chi connectivity index (χ3v) is 6.19. The van der Waals surface area contributed by atoms with Gasteiger partial charge < -0.3 is 16.2 Å². The molecule has 12 heteroatoms. The van der Waals surface area contributed by atoms with Gasteiger partial charge in [0.15, 0.2) is 23.1 Å². The predicted molar refractivity (Wildman–Crippen MR) is 117 cm³/mol. The molecule has 176 valence electrons. The summed E-state index contributed by atoms with van der Waals surface area (Å²) in [6.45, 7) is 0. The minimum absolute atomic E-state index is 0.0145. The van der Waals surface area contributed by atoms with Crippen LogP contribution in [0.25, 0.3) is 0 Å². The molecule has 6 nitrogen and oxygen atoms in total. The van der Waals surface area contributed by atoms with Crippen LogP contribution in [0.15, 0.2) is 44.8 Å². The quantitative estimate of drug-likeness (QED) is 0.501. The molecule has 1 aliphatic carbocycles. The zero-order chi connectivity index (χ0) is 24.0. The number of nitrogens with two attached hydrogens (primary N) is 2. The molecule has 33 heavy (non-hydrogen) atoms. The van der Waals surface area contributed by atoms with Crippen molar-refractivity contribution in [2.24, 2.45) is 21.5 Å². The first kappa shape index (κ1) is 23.3. The Balaban J connectivity index is 1.82. The fraction of sp³-hybridized carbons (Fsp3) is 0.333. The van der Waals surface area contributed by atoms with Crippen molar-refractivity contribution >= 4 is 33.5 Å². The molecular formula is C21H19BrF5N5O. The summed E-state index contributed by atoms with van der Waals surface area (Å²) in [5, 5.41) is 0. The van der Waals surface area contributed by atoms with Gasteiger partial charge in [0.25, 0.3) is 0 Å². The first-order valence-electron chi connectivity index (χ1n) is 10.0. The topological polar surface area (TPSA) is 89.2 Å². The Kier molecular flexibility index (Phi) is 5.97. The van der Waals surface area contributed by atoms with Crippen molar-refractivity contribution in [1.82, 2.24) is 0 Å². The number of anilines is 1. The number of hydrogen-bond donors (Lipinski definition) is 2. The van der Waals surface area contributed by atoms with Crippen LogP contribution >= 0.6 is 15.9 Å². The third-order valence-electron chi connectivity index (χ3n) is 5.57. The second kappa shape index (κ2) is 8.47. The first-order chi connectivity index (χ1) is 15.5. The van der Waals surface area contributed by atoms with Gasteiger partial charge in [-0.2, -0.15) is 18.2 Å². The molecule has 0 radical (unpaired) electrons. The number of rotatable bonds is 3. The molecular weight excluding hydrogens is 513 g/mol. The lowest BCUT2D eigenvalue weighted by molar-refractivity contribution is -0.138. The standard InChI is InChI=1S/C21H19BrF5N5O/c22-12-5-4-6-15(32-19(29)30-18(28)31-20(32)7-2-1-3-8-20)16(12)33-17-13(23)9-11(10-14(17)24)21(25,26)27/h4-6,9-10H,1-3,7-8H2,(H4,28,29,30,31). The molecule has 2 aromatic carbocycles. The van der Waals surface area contributed by atoms with Crippen LogP contribution in [0.4, 0.5) is 27.6 Å². The Morgan fingerprint density at radius 1 is 1.00 bits per heavy atom. The molecule has 0 unspecified atom stereocenters. The van der Waals surface area contributed by atoms with E-state index in [0.29, 0.717) is 17.3 Å². The van der Waals surface area contributed by atoms with Gasteiger partial charge in [0.05, 0.1) is 15.7 Å². The molecule has 1 spiro atoms. The van der Waals surface area contributed by atoms with E-state index in [1.807, 2.05) is 0 Å². The Hall–Kier alpha value is -2.89. The zero-order valence-electron chi connectivity index (χ0n) is 17.1. The average Bonchev–Trinajstić information content (AvgIpc) is 2.71. The zero-order valence-corrected chi connectivity index (χ0v) is 18.7. The summed E-state index contributed by atoms with van der Waals surface area (Å²) in [6.07, 6.45) is -1.05. The number of para-hydroxylation sites is 1. The van der Waals surface area contributed by atoms with E-state index in [2.05, 4.69) is 25.9 Å². The van der Waals surface area contributed by atoms with Gasteiger partial charge in [-0.1, -0.05) is 12.5 Å². The van der Waals surface area contributed by atoms with Gasteiger partial charge in [0, 0.05) is 0 Å². The normalized spacial score (nSPS) is 18.2. The highest BCUT2D eigenvalue weighted by Crippen LogP contribution is 2.47. The Bertz CT molecular complexity index is 1120. The first-order valence-corrected chi connectivity index (χ1v) is 10.8. The number of hydrogen-bond acceptors (Lipinski definition) is 6. The van der Waals surface area contributed by atoms with Crippen LogP contribution in [-0.2, 0) is 6.18 Å². The number of guanidine groups is 2. The lowest BCUT2D eigenvalue weighted by Gasteiger charge is -2.46. The van der Waals surface area contributed by atoms with Gasteiger partial charge >= 0.3 is 6.18 Å². The van der Waals surface area contributed by atoms with Crippen LogP contribution in [0, 0.1) is 11.6 Å². The molecule has 2 aliphatic rings. The molecule has 2 aromatic rings. The average molecular weight is 532 g/mol. The maximum absolute atomic E-state index is 14.5. The molecule has 0 bridgehead atoms. The van der Waals surface area contributed by atoms with Gasteiger partial charge in [0.1, 0.15) is 5.66 Å². The Labute approximate surface area is 194 Å². The van der Waals surface area contributed by atoms with Gasteiger partial charge in [-0.25, -0.2) is 13.8 Å². The smallest absolute Gasteiger partial charge is 0.416 e. The largest absolute Gasteiger partial charge is 0.448 e. The van der Waals surface area contributed by atoms with E-state index >= 15 is 0 Å². The SMILES string of the molecule is NC1=NC2(CCCCC2)N(c2cccc(Br)c2Oc2c(F)cc(C(F)(F)F)cc2F)C(N)=N1. The molecule has 0 saturated heterocycles. The van der Waals surface area contributed by atoms with Crippen LogP contribution in [0.1, 0.15) is 37.7 Å². The van der Waals surface area contributed by atoms with Crippen molar-refractivity contribution in [3.05, 3.63) is 52.0 Å². The van der Waals surface area contributed by atoms with E-state index in [4.69, 9.17) is 16.2 Å². The Morgan fingerprint density at radius 3 is 2.24 bits per heavy atom. The van der Waals surface area contributed by atoms with Crippen molar-refractivity contribution in [1.29, 1.82) is 0 Å². The van der Waals surface area contributed by atoms with E-state index in [-0.39, 0.29) is 35.5 Å². The molecule has 0 amide bonds. The van der Waals surface area contributed by atoms with Crippen molar-refractivity contribution in [2.75, 3.05) is 4.90 Å². The summed E-state index contributed by atoms with van der Waals surface area (Å²) in [5.41, 5.74) is 10.0. The molecule has 1 fully saturated rings. The van der Waals surface area contributed by atoms with Crippen LogP contribution < -0.4 is 21.1 Å². The van der Waals surface area contributed by atoms with E-state index in [1.54, 1.807) is 23.1 Å². The lowest BCUT2D eigenvalue weighted by Crippen LogP contribution is -2.58. The lowest BCUT2D eigenvalue weighted by atomic mass is 9.87. The molecule has 1 aliphatic heterocycles. The van der Waals surface area contributed by atoms with Crippen LogP contribution in [-0.4, -0.2) is 17.6 Å². The van der Waals surface area contributed by atoms with Gasteiger partial charge in [0.2, 0.25) is 11.9 Å². The number of benzene rings is 2. The minimum atomic E-state index is -4.91. The van der Waals surface area contributed by atoms with Crippen LogP contribution in [0.5, 0.6) is 11.5 Å². The summed E-state index contributed by atoms with van der Waals surface area (Å²) < 4.78 is 73.6. The summed E-state index contributed by atoms with van der Waals surface area (Å²) in [6, 6.07) is 5.16. The molecule has 0 aromatic heterocycles. The van der Waals surface area contributed by atoms with E-state index < -0.39 is 34.8 Å². The van der Waals surface area contributed by atoms with Gasteiger partial charge in [-0.3, -0.25) is 4.90 Å². The van der Waals surface area contributed by atoms with Crippen LogP contribution in [0.3, 0.4) is 0 Å². The van der Waals surface area contributed by atoms with Crippen molar-refractivity contribution < 1.29 is 26.7 Å². The number of halogens is 6.